The summed E-state index contributed by atoms with van der Waals surface area (Å²) in [7, 11) is 1.33. The minimum Gasteiger partial charge on any atom is -0.467 e. The van der Waals surface area contributed by atoms with E-state index in [0.717, 1.165) is 18.6 Å². The fraction of sp³-hybridized carbons (Fsp3) is 0.818. The summed E-state index contributed by atoms with van der Waals surface area (Å²) in [4.78, 5) is 23.0. The van der Waals surface area contributed by atoms with Gasteiger partial charge in [0.2, 0.25) is 5.91 Å². The predicted molar refractivity (Wildman–Crippen MR) is 71.5 cm³/mol. The predicted octanol–water partition coefficient (Wildman–Crippen LogP) is 1.81. The zero-order valence-corrected chi connectivity index (χ0v) is 11.9. The molecule has 0 spiro atoms. The zero-order valence-electron chi connectivity index (χ0n) is 10.3. The number of nitrogens with one attached hydrogen (secondary N) is 1. The number of unbranched alkanes of at least 4 members (excludes halogenated alkanes) is 1. The molecule has 0 aliphatic rings. The van der Waals surface area contributed by atoms with E-state index in [1.54, 1.807) is 11.8 Å². The van der Waals surface area contributed by atoms with Crippen LogP contribution in [0, 0.1) is 0 Å². The molecular formula is C11H20ClNO3S. The second kappa shape index (κ2) is 10.7. The number of ether oxygens (including phenoxy) is 1. The molecule has 0 aromatic carbocycles. The highest BCUT2D eigenvalue weighted by Gasteiger charge is 2.20. The highest BCUT2D eigenvalue weighted by Crippen LogP contribution is 2.04. The Morgan fingerprint density at radius 1 is 1.41 bits per heavy atom. The molecule has 0 saturated heterocycles. The van der Waals surface area contributed by atoms with E-state index in [-0.39, 0.29) is 11.9 Å². The third-order valence-corrected chi connectivity index (χ3v) is 3.13. The fourth-order valence-electron chi connectivity index (χ4n) is 1.27. The van der Waals surface area contributed by atoms with Gasteiger partial charge in [0.15, 0.2) is 0 Å². The van der Waals surface area contributed by atoms with Gasteiger partial charge < -0.3 is 10.1 Å². The normalized spacial score (nSPS) is 11.9. The van der Waals surface area contributed by atoms with Crippen LogP contribution < -0.4 is 5.32 Å². The third kappa shape index (κ3) is 8.32. The number of amides is 1. The molecule has 4 nitrogen and oxygen atoms in total. The number of methoxy groups -OCH3 is 1. The van der Waals surface area contributed by atoms with Crippen LogP contribution in [0.1, 0.15) is 25.7 Å². The molecule has 0 aromatic heterocycles. The molecule has 0 bridgehead atoms. The summed E-state index contributed by atoms with van der Waals surface area (Å²) >= 11 is 7.15. The van der Waals surface area contributed by atoms with Crippen LogP contribution in [0.5, 0.6) is 0 Å². The van der Waals surface area contributed by atoms with Gasteiger partial charge in [-0.1, -0.05) is 0 Å². The van der Waals surface area contributed by atoms with Gasteiger partial charge in [0.05, 0.1) is 7.11 Å². The van der Waals surface area contributed by atoms with Gasteiger partial charge in [0, 0.05) is 12.3 Å². The van der Waals surface area contributed by atoms with Gasteiger partial charge in [-0.05, 0) is 31.3 Å². The van der Waals surface area contributed by atoms with E-state index >= 15 is 0 Å². The van der Waals surface area contributed by atoms with Crippen molar-refractivity contribution >= 4 is 35.2 Å². The van der Waals surface area contributed by atoms with Crippen LogP contribution in [0.15, 0.2) is 0 Å². The van der Waals surface area contributed by atoms with Gasteiger partial charge in [-0.25, -0.2) is 4.79 Å². The molecule has 0 unspecified atom stereocenters. The maximum atomic E-state index is 11.5. The second-order valence-electron chi connectivity index (χ2n) is 3.57. The van der Waals surface area contributed by atoms with Crippen molar-refractivity contribution in [2.45, 2.75) is 31.7 Å². The van der Waals surface area contributed by atoms with Crippen molar-refractivity contribution in [2.24, 2.45) is 0 Å². The third-order valence-electron chi connectivity index (χ3n) is 2.22. The second-order valence-corrected chi connectivity index (χ2v) is 4.93. The first-order valence-electron chi connectivity index (χ1n) is 5.57. The van der Waals surface area contributed by atoms with Crippen molar-refractivity contribution in [3.8, 4) is 0 Å². The molecule has 0 saturated carbocycles. The average molecular weight is 282 g/mol. The van der Waals surface area contributed by atoms with E-state index in [9.17, 15) is 9.59 Å². The summed E-state index contributed by atoms with van der Waals surface area (Å²) in [6, 6.07) is -0.532. The van der Waals surface area contributed by atoms with E-state index in [2.05, 4.69) is 10.1 Å². The van der Waals surface area contributed by atoms with Gasteiger partial charge in [-0.3, -0.25) is 4.79 Å². The van der Waals surface area contributed by atoms with Crippen molar-refractivity contribution in [1.29, 1.82) is 0 Å². The van der Waals surface area contributed by atoms with Crippen molar-refractivity contribution < 1.29 is 14.3 Å². The molecule has 0 fully saturated rings. The van der Waals surface area contributed by atoms with Crippen LogP contribution in [0.4, 0.5) is 0 Å². The highest BCUT2D eigenvalue weighted by atomic mass is 35.5. The Kier molecular flexibility index (Phi) is 10.5. The number of hydrogen-bond acceptors (Lipinski definition) is 4. The Morgan fingerprint density at radius 3 is 2.65 bits per heavy atom. The molecule has 1 N–H and O–H groups in total. The number of hydrogen-bond donors (Lipinski definition) is 1. The molecule has 17 heavy (non-hydrogen) atoms. The molecule has 0 aliphatic carbocycles. The number of thioether (sulfide) groups is 1. The van der Waals surface area contributed by atoms with E-state index in [1.807, 2.05) is 6.26 Å². The van der Waals surface area contributed by atoms with Crippen molar-refractivity contribution in [2.75, 3.05) is 25.0 Å². The van der Waals surface area contributed by atoms with Crippen LogP contribution in [0.2, 0.25) is 0 Å². The Hall–Kier alpha value is -0.420. The molecule has 0 aliphatic heterocycles. The minimum atomic E-state index is -0.532. The number of rotatable bonds is 9. The van der Waals surface area contributed by atoms with Gasteiger partial charge in [-0.15, -0.1) is 11.6 Å². The van der Waals surface area contributed by atoms with E-state index in [4.69, 9.17) is 11.6 Å². The maximum Gasteiger partial charge on any atom is 0.328 e. The van der Waals surface area contributed by atoms with Crippen LogP contribution >= 0.6 is 23.4 Å². The molecule has 1 amide bonds. The van der Waals surface area contributed by atoms with Crippen LogP contribution in [-0.2, 0) is 14.3 Å². The molecule has 6 heteroatoms. The number of esters is 1. The topological polar surface area (TPSA) is 55.4 Å². The zero-order chi connectivity index (χ0) is 13.1. The summed E-state index contributed by atoms with van der Waals surface area (Å²) in [6.45, 7) is 0. The lowest BCUT2D eigenvalue weighted by molar-refractivity contribution is -0.145. The summed E-state index contributed by atoms with van der Waals surface area (Å²) in [6.07, 6.45) is 4.50. The fourth-order valence-corrected chi connectivity index (χ4v) is 1.93. The van der Waals surface area contributed by atoms with Crippen LogP contribution in [0.25, 0.3) is 0 Å². The Morgan fingerprint density at radius 2 is 2.12 bits per heavy atom. The summed E-state index contributed by atoms with van der Waals surface area (Å²) < 4.78 is 4.65. The SMILES string of the molecule is COC(=O)[C@H](CCSC)NC(=O)CCCCCl. The van der Waals surface area contributed by atoms with Crippen LogP contribution in [0.3, 0.4) is 0 Å². The Balaban J connectivity index is 4.03. The first kappa shape index (κ1) is 16.6. The van der Waals surface area contributed by atoms with E-state index in [0.29, 0.717) is 18.7 Å². The Bertz CT molecular complexity index is 239. The monoisotopic (exact) mass is 281 g/mol. The largest absolute Gasteiger partial charge is 0.467 e. The average Bonchev–Trinajstić information content (AvgIpc) is 2.33. The molecular weight excluding hydrogens is 262 g/mol. The van der Waals surface area contributed by atoms with Crippen molar-refractivity contribution in [1.82, 2.24) is 5.32 Å². The number of alkyl halides is 1. The van der Waals surface area contributed by atoms with Crippen molar-refractivity contribution in [3.05, 3.63) is 0 Å². The van der Waals surface area contributed by atoms with Gasteiger partial charge >= 0.3 is 5.97 Å². The molecule has 0 heterocycles. The van der Waals surface area contributed by atoms with Gasteiger partial charge in [0.1, 0.15) is 6.04 Å². The first-order valence-corrected chi connectivity index (χ1v) is 7.50. The highest BCUT2D eigenvalue weighted by molar-refractivity contribution is 7.98. The molecule has 100 valence electrons. The van der Waals surface area contributed by atoms with E-state index in [1.165, 1.54) is 7.11 Å². The standard InChI is InChI=1S/C11H20ClNO3S/c1-16-11(15)9(6-8-17-2)13-10(14)5-3-4-7-12/h9H,3-8H2,1-2H3,(H,13,14)/t9-/m0/s1. The quantitative estimate of drug-likeness (QED) is 0.398. The number of carbonyl (C=O) groups is 2. The maximum absolute atomic E-state index is 11.5. The first-order chi connectivity index (χ1) is 8.15. The molecule has 0 rings (SSSR count). The summed E-state index contributed by atoms with van der Waals surface area (Å²) in [5, 5.41) is 2.69. The van der Waals surface area contributed by atoms with Crippen molar-refractivity contribution in [3.63, 3.8) is 0 Å². The minimum absolute atomic E-state index is 0.119. The molecule has 0 aromatic rings. The lowest BCUT2D eigenvalue weighted by Gasteiger charge is -2.15. The molecule has 1 atom stereocenters. The van der Waals surface area contributed by atoms with Gasteiger partial charge in [-0.2, -0.15) is 11.8 Å². The molecule has 0 radical (unpaired) electrons. The number of halogens is 1. The van der Waals surface area contributed by atoms with E-state index < -0.39 is 6.04 Å². The summed E-state index contributed by atoms with van der Waals surface area (Å²) in [5.41, 5.74) is 0. The summed E-state index contributed by atoms with van der Waals surface area (Å²) in [5.74, 6) is 0.860. The van der Waals surface area contributed by atoms with Crippen LogP contribution in [-0.4, -0.2) is 42.9 Å². The number of carbonyl (C=O) groups excluding carboxylic acids is 2. The Labute approximate surface area is 112 Å². The lowest BCUT2D eigenvalue weighted by atomic mass is 10.2. The van der Waals surface area contributed by atoms with Gasteiger partial charge in [0.25, 0.3) is 0 Å². The smallest absolute Gasteiger partial charge is 0.328 e. The lowest BCUT2D eigenvalue weighted by Crippen LogP contribution is -2.41.